The highest BCUT2D eigenvalue weighted by Crippen LogP contribution is 2.50. The molecule has 4 aliphatic carbocycles. The summed E-state index contributed by atoms with van der Waals surface area (Å²) >= 11 is 0. The van der Waals surface area contributed by atoms with Gasteiger partial charge in [0.25, 0.3) is 0 Å². The van der Waals surface area contributed by atoms with E-state index in [0.717, 1.165) is 35.5 Å². The quantitative estimate of drug-likeness (QED) is 0.0960. The van der Waals surface area contributed by atoms with Crippen molar-refractivity contribution in [2.24, 2.45) is 47.3 Å². The van der Waals surface area contributed by atoms with Crippen LogP contribution < -0.4 is 0 Å². The SMILES string of the molecule is CCCCCCCC1CCC(C2CCC(C(OC(c3ccc(CCC)cc3)C3CCC(C4CCC(CCCCCCC)CC4)CC3)c3ccc(CCC)cc3)CC2)CC1. The lowest BCUT2D eigenvalue weighted by Crippen LogP contribution is -2.31. The Morgan fingerprint density at radius 3 is 1.02 bits per heavy atom. The molecule has 0 aromatic heterocycles. The molecule has 6 rings (SSSR count). The number of aryl methyl sites for hydroxylation is 2. The molecule has 332 valence electrons. The monoisotopic (exact) mass is 807 g/mol. The first-order chi connectivity index (χ1) is 29.1. The maximum Gasteiger partial charge on any atom is 0.0861 e. The van der Waals surface area contributed by atoms with Gasteiger partial charge in [-0.25, -0.2) is 0 Å². The Labute approximate surface area is 366 Å². The molecular formula is C58H94O. The smallest absolute Gasteiger partial charge is 0.0861 e. The standard InChI is InChI=1S/C58H94O/c1-5-9-11-13-15-19-47-21-29-49(30-22-47)51-37-41-55(42-38-51)57(53-33-25-45(17-7-3)26-34-53)59-58(54-35-27-46(18-8-4)28-36-54)56-43-39-52(40-44-56)50-31-23-48(24-32-50)20-16-14-12-10-6-2/h25-28,33-36,47-52,55-58H,5-24,29-32,37-44H2,1-4H3. The Kier molecular flexibility index (Phi) is 20.8. The van der Waals surface area contributed by atoms with Crippen molar-refractivity contribution in [1.82, 2.24) is 0 Å². The van der Waals surface area contributed by atoms with Gasteiger partial charge in [-0.3, -0.25) is 0 Å². The van der Waals surface area contributed by atoms with Crippen molar-refractivity contribution in [3.8, 4) is 0 Å². The predicted molar refractivity (Wildman–Crippen MR) is 256 cm³/mol. The molecule has 1 heteroatoms. The molecule has 0 spiro atoms. The van der Waals surface area contributed by atoms with Gasteiger partial charge in [0.05, 0.1) is 12.2 Å². The molecule has 1 nitrogen and oxygen atoms in total. The van der Waals surface area contributed by atoms with Crippen LogP contribution in [0.5, 0.6) is 0 Å². The fourth-order valence-corrected chi connectivity index (χ4v) is 13.2. The Balaban J connectivity index is 1.09. The van der Waals surface area contributed by atoms with E-state index < -0.39 is 0 Å². The van der Waals surface area contributed by atoms with Gasteiger partial charge in [-0.15, -0.1) is 0 Å². The molecule has 0 N–H and O–H groups in total. The van der Waals surface area contributed by atoms with Crippen molar-refractivity contribution < 1.29 is 4.74 Å². The van der Waals surface area contributed by atoms with E-state index in [2.05, 4.69) is 76.2 Å². The van der Waals surface area contributed by atoms with E-state index in [1.807, 2.05) is 0 Å². The lowest BCUT2D eigenvalue weighted by Gasteiger charge is -2.43. The van der Waals surface area contributed by atoms with E-state index in [-0.39, 0.29) is 12.2 Å². The third kappa shape index (κ3) is 14.7. The zero-order valence-electron chi connectivity index (χ0n) is 39.4. The van der Waals surface area contributed by atoms with Crippen molar-refractivity contribution in [1.29, 1.82) is 0 Å². The van der Waals surface area contributed by atoms with Gasteiger partial charge in [-0.2, -0.15) is 0 Å². The Morgan fingerprint density at radius 1 is 0.373 bits per heavy atom. The highest BCUT2D eigenvalue weighted by Gasteiger charge is 2.39. The van der Waals surface area contributed by atoms with E-state index in [1.165, 1.54) is 228 Å². The second kappa shape index (κ2) is 26.1. The van der Waals surface area contributed by atoms with Gasteiger partial charge in [0, 0.05) is 0 Å². The minimum Gasteiger partial charge on any atom is -0.365 e. The highest BCUT2D eigenvalue weighted by atomic mass is 16.5. The minimum atomic E-state index is 0.199. The second-order valence-electron chi connectivity index (χ2n) is 21.3. The first-order valence-corrected chi connectivity index (χ1v) is 26.9. The molecule has 0 bridgehead atoms. The third-order valence-electron chi connectivity index (χ3n) is 17.0. The zero-order chi connectivity index (χ0) is 41.1. The lowest BCUT2D eigenvalue weighted by atomic mass is 9.67. The van der Waals surface area contributed by atoms with Crippen LogP contribution in [0.4, 0.5) is 0 Å². The molecule has 0 aliphatic heterocycles. The number of hydrogen-bond acceptors (Lipinski definition) is 1. The summed E-state index contributed by atoms with van der Waals surface area (Å²) in [6.45, 7) is 9.30. The van der Waals surface area contributed by atoms with Gasteiger partial charge >= 0.3 is 0 Å². The molecule has 59 heavy (non-hydrogen) atoms. The van der Waals surface area contributed by atoms with Crippen LogP contribution in [0.2, 0.25) is 0 Å². The highest BCUT2D eigenvalue weighted by molar-refractivity contribution is 5.27. The molecule has 4 saturated carbocycles. The van der Waals surface area contributed by atoms with Crippen LogP contribution >= 0.6 is 0 Å². The average Bonchev–Trinajstić information content (AvgIpc) is 3.28. The number of rotatable bonds is 24. The van der Waals surface area contributed by atoms with Gasteiger partial charge in [-0.05, 0) is 159 Å². The van der Waals surface area contributed by atoms with Gasteiger partial charge in [0.1, 0.15) is 0 Å². The topological polar surface area (TPSA) is 9.23 Å². The van der Waals surface area contributed by atoms with Crippen LogP contribution in [0.25, 0.3) is 0 Å². The summed E-state index contributed by atoms with van der Waals surface area (Å²) in [6, 6.07) is 19.6. The summed E-state index contributed by atoms with van der Waals surface area (Å²) in [6.07, 6.45) is 45.7. The maximum atomic E-state index is 7.81. The molecule has 2 unspecified atom stereocenters. The van der Waals surface area contributed by atoms with Crippen molar-refractivity contribution in [2.45, 2.75) is 245 Å². The molecule has 0 amide bonds. The molecule has 2 atom stereocenters. The first-order valence-electron chi connectivity index (χ1n) is 26.9. The fourth-order valence-electron chi connectivity index (χ4n) is 13.2. The van der Waals surface area contributed by atoms with Crippen LogP contribution in [-0.2, 0) is 17.6 Å². The van der Waals surface area contributed by atoms with E-state index in [4.69, 9.17) is 4.74 Å². The molecule has 4 aliphatic rings. The third-order valence-corrected chi connectivity index (χ3v) is 17.0. The largest absolute Gasteiger partial charge is 0.365 e. The van der Waals surface area contributed by atoms with E-state index in [0.29, 0.717) is 11.8 Å². The van der Waals surface area contributed by atoms with Crippen LogP contribution in [0, 0.1) is 47.3 Å². The lowest BCUT2D eigenvalue weighted by molar-refractivity contribution is -0.0934. The maximum absolute atomic E-state index is 7.81. The average molecular weight is 807 g/mol. The molecule has 0 radical (unpaired) electrons. The summed E-state index contributed by atoms with van der Waals surface area (Å²) in [5.41, 5.74) is 5.88. The first kappa shape index (κ1) is 46.9. The van der Waals surface area contributed by atoms with Crippen molar-refractivity contribution >= 4 is 0 Å². The molecule has 0 heterocycles. The normalized spacial score (nSPS) is 28.9. The number of benzene rings is 2. The van der Waals surface area contributed by atoms with E-state index in [1.54, 1.807) is 0 Å². The summed E-state index contributed by atoms with van der Waals surface area (Å²) in [4.78, 5) is 0. The summed E-state index contributed by atoms with van der Waals surface area (Å²) < 4.78 is 7.81. The molecule has 2 aromatic carbocycles. The van der Waals surface area contributed by atoms with Crippen LogP contribution in [0.1, 0.15) is 255 Å². The molecule has 0 saturated heterocycles. The van der Waals surface area contributed by atoms with Crippen LogP contribution in [0.3, 0.4) is 0 Å². The van der Waals surface area contributed by atoms with E-state index in [9.17, 15) is 0 Å². The van der Waals surface area contributed by atoms with Gasteiger partial charge in [0.15, 0.2) is 0 Å². The summed E-state index contributed by atoms with van der Waals surface area (Å²) in [7, 11) is 0. The van der Waals surface area contributed by atoms with Crippen molar-refractivity contribution in [3.05, 3.63) is 70.8 Å². The molecular weight excluding hydrogens is 713 g/mol. The Hall–Kier alpha value is -1.60. The van der Waals surface area contributed by atoms with Crippen LogP contribution in [0.15, 0.2) is 48.5 Å². The van der Waals surface area contributed by atoms with Crippen molar-refractivity contribution in [3.63, 3.8) is 0 Å². The summed E-state index contributed by atoms with van der Waals surface area (Å²) in [5.74, 6) is 7.15. The van der Waals surface area contributed by atoms with Gasteiger partial charge in [0.2, 0.25) is 0 Å². The molecule has 4 fully saturated rings. The Bertz CT molecular complexity index is 1240. The Morgan fingerprint density at radius 2 is 0.695 bits per heavy atom. The minimum absolute atomic E-state index is 0.199. The number of hydrogen-bond donors (Lipinski definition) is 0. The zero-order valence-corrected chi connectivity index (χ0v) is 39.4. The second-order valence-corrected chi connectivity index (χ2v) is 21.3. The van der Waals surface area contributed by atoms with Crippen molar-refractivity contribution in [2.75, 3.05) is 0 Å². The number of ether oxygens (including phenoxy) is 1. The summed E-state index contributed by atoms with van der Waals surface area (Å²) in [5, 5.41) is 0. The molecule has 2 aromatic rings. The van der Waals surface area contributed by atoms with Gasteiger partial charge < -0.3 is 4.74 Å². The predicted octanol–water partition coefficient (Wildman–Crippen LogP) is 18.3. The van der Waals surface area contributed by atoms with Crippen LogP contribution in [-0.4, -0.2) is 0 Å². The van der Waals surface area contributed by atoms with Gasteiger partial charge in [-0.1, -0.05) is 192 Å². The van der Waals surface area contributed by atoms with E-state index >= 15 is 0 Å². The number of unbranched alkanes of at least 4 members (excludes halogenated alkanes) is 8. The fraction of sp³-hybridized carbons (Fsp3) is 0.793.